The number of primary amides is 1. The van der Waals surface area contributed by atoms with Crippen molar-refractivity contribution < 1.29 is 9.59 Å². The molecule has 0 aliphatic carbocycles. The molecule has 0 saturated carbocycles. The van der Waals surface area contributed by atoms with Gasteiger partial charge in [0.2, 0.25) is 5.91 Å². The molecule has 0 aromatic carbocycles. The minimum Gasteiger partial charge on any atom is -0.376 e. The first-order chi connectivity index (χ1) is 9.02. The van der Waals surface area contributed by atoms with E-state index in [4.69, 9.17) is 18.0 Å². The summed E-state index contributed by atoms with van der Waals surface area (Å²) >= 11 is 6.50. The number of thiocarbonyl (C=S) groups is 1. The highest BCUT2D eigenvalue weighted by molar-refractivity contribution is 8.26. The molecule has 2 fully saturated rings. The molecule has 0 atom stereocenters. The van der Waals surface area contributed by atoms with Gasteiger partial charge in [-0.05, 0) is 19.8 Å². The van der Waals surface area contributed by atoms with Crippen molar-refractivity contribution in [2.45, 2.75) is 19.8 Å². The van der Waals surface area contributed by atoms with E-state index in [1.54, 1.807) is 4.90 Å². The van der Waals surface area contributed by atoms with Gasteiger partial charge in [0.05, 0.1) is 4.91 Å². The number of carbonyl (C=O) groups excluding carboxylic acids is 2. The van der Waals surface area contributed by atoms with Crippen LogP contribution < -0.4 is 5.73 Å². The standard InChI is InChI=1S/C12H17N3O2S2/c1-2-15-11(17)9(19-12(15)18)7-14-5-3-8(4-6-14)10(13)16/h7-8H,2-6H2,1H3,(H2,13,16)/b9-7+. The Morgan fingerprint density at radius 3 is 2.63 bits per heavy atom. The van der Waals surface area contributed by atoms with Crippen LogP contribution in [-0.4, -0.2) is 45.6 Å². The van der Waals surface area contributed by atoms with E-state index in [0.29, 0.717) is 15.8 Å². The monoisotopic (exact) mass is 299 g/mol. The fourth-order valence-electron chi connectivity index (χ4n) is 2.24. The number of likely N-dealkylation sites (N-methyl/N-ethyl adjacent to an activating group) is 1. The van der Waals surface area contributed by atoms with Crippen LogP contribution in [0, 0.1) is 5.92 Å². The summed E-state index contributed by atoms with van der Waals surface area (Å²) in [6.07, 6.45) is 3.37. The van der Waals surface area contributed by atoms with Gasteiger partial charge >= 0.3 is 0 Å². The predicted molar refractivity (Wildman–Crippen MR) is 79.2 cm³/mol. The van der Waals surface area contributed by atoms with Crippen LogP contribution in [-0.2, 0) is 9.59 Å². The van der Waals surface area contributed by atoms with Gasteiger partial charge in [-0.25, -0.2) is 0 Å². The second-order valence-corrected chi connectivity index (χ2v) is 6.30. The zero-order valence-corrected chi connectivity index (χ0v) is 12.4. The number of hydrogen-bond acceptors (Lipinski definition) is 5. The summed E-state index contributed by atoms with van der Waals surface area (Å²) in [6, 6.07) is 0. The number of carbonyl (C=O) groups is 2. The average Bonchev–Trinajstić information content (AvgIpc) is 2.64. The summed E-state index contributed by atoms with van der Waals surface area (Å²) in [5.41, 5.74) is 5.30. The quantitative estimate of drug-likeness (QED) is 0.620. The van der Waals surface area contributed by atoms with E-state index in [2.05, 4.69) is 4.90 Å². The number of rotatable bonds is 3. The Bertz CT molecular complexity index is 442. The number of nitrogens with zero attached hydrogens (tertiary/aromatic N) is 2. The maximum absolute atomic E-state index is 12.0. The van der Waals surface area contributed by atoms with Crippen molar-refractivity contribution in [3.8, 4) is 0 Å². The summed E-state index contributed by atoms with van der Waals surface area (Å²) in [7, 11) is 0. The number of hydrogen-bond donors (Lipinski definition) is 1. The van der Waals surface area contributed by atoms with E-state index in [9.17, 15) is 9.59 Å². The highest BCUT2D eigenvalue weighted by atomic mass is 32.2. The van der Waals surface area contributed by atoms with Gasteiger partial charge in [0.1, 0.15) is 4.32 Å². The summed E-state index contributed by atoms with van der Waals surface area (Å²) < 4.78 is 0.616. The largest absolute Gasteiger partial charge is 0.376 e. The predicted octanol–water partition coefficient (Wildman–Crippen LogP) is 0.905. The zero-order valence-electron chi connectivity index (χ0n) is 10.8. The van der Waals surface area contributed by atoms with E-state index in [0.717, 1.165) is 25.9 Å². The van der Waals surface area contributed by atoms with Gasteiger partial charge < -0.3 is 10.6 Å². The van der Waals surface area contributed by atoms with Crippen molar-refractivity contribution in [2.75, 3.05) is 19.6 Å². The third kappa shape index (κ3) is 3.09. The van der Waals surface area contributed by atoms with Crippen molar-refractivity contribution in [3.05, 3.63) is 11.1 Å². The second-order valence-electron chi connectivity index (χ2n) is 4.62. The summed E-state index contributed by atoms with van der Waals surface area (Å²) in [5, 5.41) is 0. The molecular formula is C12H17N3O2S2. The minimum atomic E-state index is -0.225. The molecule has 7 heteroatoms. The van der Waals surface area contributed by atoms with Crippen molar-refractivity contribution in [1.29, 1.82) is 0 Å². The van der Waals surface area contributed by atoms with E-state index in [1.165, 1.54) is 11.8 Å². The van der Waals surface area contributed by atoms with E-state index < -0.39 is 0 Å². The molecule has 104 valence electrons. The Morgan fingerprint density at radius 2 is 2.16 bits per heavy atom. The maximum atomic E-state index is 12.0. The van der Waals surface area contributed by atoms with Gasteiger partial charge in [0.25, 0.3) is 5.91 Å². The third-order valence-corrected chi connectivity index (χ3v) is 4.79. The van der Waals surface area contributed by atoms with Gasteiger partial charge in [0, 0.05) is 31.8 Å². The molecule has 2 rings (SSSR count). The number of piperidine rings is 1. The molecule has 0 spiro atoms. The van der Waals surface area contributed by atoms with Crippen molar-refractivity contribution in [2.24, 2.45) is 11.7 Å². The Kier molecular flexibility index (Phi) is 4.46. The molecule has 0 radical (unpaired) electrons. The summed E-state index contributed by atoms with van der Waals surface area (Å²) in [4.78, 5) is 27.5. The number of thioether (sulfide) groups is 1. The lowest BCUT2D eigenvalue weighted by molar-refractivity contribution is -0.123. The maximum Gasteiger partial charge on any atom is 0.267 e. The molecule has 2 aliphatic rings. The summed E-state index contributed by atoms with van der Waals surface area (Å²) in [5.74, 6) is -0.277. The van der Waals surface area contributed by atoms with Crippen LogP contribution in [0.15, 0.2) is 11.1 Å². The smallest absolute Gasteiger partial charge is 0.267 e. The first-order valence-corrected chi connectivity index (χ1v) is 7.54. The molecule has 2 aliphatic heterocycles. The molecule has 0 bridgehead atoms. The van der Waals surface area contributed by atoms with Crippen molar-refractivity contribution in [1.82, 2.24) is 9.80 Å². The topological polar surface area (TPSA) is 66.6 Å². The highest BCUT2D eigenvalue weighted by Crippen LogP contribution is 2.31. The lowest BCUT2D eigenvalue weighted by atomic mass is 9.97. The minimum absolute atomic E-state index is 0.0190. The first-order valence-electron chi connectivity index (χ1n) is 6.31. The molecular weight excluding hydrogens is 282 g/mol. The van der Waals surface area contributed by atoms with Crippen LogP contribution in [0.1, 0.15) is 19.8 Å². The van der Waals surface area contributed by atoms with Crippen molar-refractivity contribution >= 4 is 40.1 Å². The second kappa shape index (κ2) is 5.92. The van der Waals surface area contributed by atoms with Crippen molar-refractivity contribution in [3.63, 3.8) is 0 Å². The van der Waals surface area contributed by atoms with E-state index in [-0.39, 0.29) is 17.7 Å². The Balaban J connectivity index is 1.98. The molecule has 19 heavy (non-hydrogen) atoms. The van der Waals surface area contributed by atoms with Gasteiger partial charge in [-0.15, -0.1) is 0 Å². The van der Waals surface area contributed by atoms with E-state index >= 15 is 0 Å². The molecule has 0 aromatic rings. The van der Waals surface area contributed by atoms with Crippen LogP contribution in [0.25, 0.3) is 0 Å². The van der Waals surface area contributed by atoms with Gasteiger partial charge in [0.15, 0.2) is 0 Å². The van der Waals surface area contributed by atoms with Crippen LogP contribution in [0.3, 0.4) is 0 Å². The zero-order chi connectivity index (χ0) is 14.0. The molecule has 2 heterocycles. The van der Waals surface area contributed by atoms with Crippen LogP contribution >= 0.6 is 24.0 Å². The molecule has 5 nitrogen and oxygen atoms in total. The third-order valence-electron chi connectivity index (χ3n) is 3.42. The van der Waals surface area contributed by atoms with Crippen LogP contribution in [0.5, 0.6) is 0 Å². The Labute approximate surface area is 122 Å². The lowest BCUT2D eigenvalue weighted by Crippen LogP contribution is -2.36. The number of amides is 2. The van der Waals surface area contributed by atoms with Crippen LogP contribution in [0.4, 0.5) is 0 Å². The molecule has 0 aromatic heterocycles. The SMILES string of the molecule is CCN1C(=O)/C(=C\N2CCC(C(N)=O)CC2)SC1=S. The van der Waals surface area contributed by atoms with Gasteiger partial charge in [-0.3, -0.25) is 14.5 Å². The Morgan fingerprint density at radius 1 is 1.53 bits per heavy atom. The molecule has 2 saturated heterocycles. The van der Waals surface area contributed by atoms with Gasteiger partial charge in [-0.2, -0.15) is 0 Å². The first kappa shape index (κ1) is 14.3. The fourth-order valence-corrected chi connectivity index (χ4v) is 3.63. The van der Waals surface area contributed by atoms with Gasteiger partial charge in [-0.1, -0.05) is 24.0 Å². The lowest BCUT2D eigenvalue weighted by Gasteiger charge is -2.29. The fraction of sp³-hybridized carbons (Fsp3) is 0.583. The highest BCUT2D eigenvalue weighted by Gasteiger charge is 2.32. The average molecular weight is 299 g/mol. The summed E-state index contributed by atoms with van der Waals surface area (Å²) in [6.45, 7) is 4.02. The molecule has 2 amide bonds. The number of nitrogens with two attached hydrogens (primary N) is 1. The van der Waals surface area contributed by atoms with E-state index in [1.807, 2.05) is 13.1 Å². The number of likely N-dealkylation sites (tertiary alicyclic amines) is 1. The molecule has 2 N–H and O–H groups in total. The normalized spacial score (nSPS) is 23.5. The molecule has 0 unspecified atom stereocenters. The Hall–Kier alpha value is -1.08. The van der Waals surface area contributed by atoms with Crippen LogP contribution in [0.2, 0.25) is 0 Å².